The van der Waals surface area contributed by atoms with E-state index in [-0.39, 0.29) is 6.04 Å². The molecule has 0 saturated heterocycles. The summed E-state index contributed by atoms with van der Waals surface area (Å²) in [5.74, 6) is 0. The number of halogens is 1. The molecule has 0 aliphatic carbocycles. The van der Waals surface area contributed by atoms with Crippen LogP contribution >= 0.6 is 11.6 Å². The van der Waals surface area contributed by atoms with E-state index in [1.807, 2.05) is 19.9 Å². The van der Waals surface area contributed by atoms with Gasteiger partial charge in [-0.05, 0) is 63.1 Å². The maximum Gasteiger partial charge on any atom is 0.101 e. The summed E-state index contributed by atoms with van der Waals surface area (Å²) in [7, 11) is 0. The normalized spacial score (nSPS) is 11.8. The number of nitrogens with one attached hydrogen (secondary N) is 1. The van der Waals surface area contributed by atoms with Crippen LogP contribution in [0, 0.1) is 32.1 Å². The Morgan fingerprint density at radius 2 is 1.95 bits per heavy atom. The molecule has 1 N–H and O–H groups in total. The van der Waals surface area contributed by atoms with Gasteiger partial charge in [-0.3, -0.25) is 4.98 Å². The van der Waals surface area contributed by atoms with E-state index in [0.29, 0.717) is 10.6 Å². The van der Waals surface area contributed by atoms with Gasteiger partial charge in [0.25, 0.3) is 0 Å². The fraction of sp³-hybridized carbons (Fsp3) is 0.294. The van der Waals surface area contributed by atoms with Gasteiger partial charge in [-0.1, -0.05) is 11.6 Å². The molecule has 3 nitrogen and oxygen atoms in total. The molecule has 0 aliphatic heterocycles. The van der Waals surface area contributed by atoms with Crippen molar-refractivity contribution in [3.05, 3.63) is 57.4 Å². The summed E-state index contributed by atoms with van der Waals surface area (Å²) in [6.45, 7) is 8.21. The number of aryl methyl sites for hydroxylation is 3. The zero-order valence-corrected chi connectivity index (χ0v) is 13.4. The second-order valence-corrected chi connectivity index (χ2v) is 5.66. The van der Waals surface area contributed by atoms with Crippen molar-refractivity contribution < 1.29 is 0 Å². The highest BCUT2D eigenvalue weighted by atomic mass is 35.5. The first-order chi connectivity index (χ1) is 9.92. The van der Waals surface area contributed by atoms with Crippen molar-refractivity contribution >= 4 is 17.3 Å². The van der Waals surface area contributed by atoms with Crippen molar-refractivity contribution in [1.29, 1.82) is 5.26 Å². The van der Waals surface area contributed by atoms with Crippen LogP contribution in [0.3, 0.4) is 0 Å². The predicted octanol–water partition coefficient (Wildman–Crippen LogP) is 4.71. The molecular formula is C17H18ClN3. The molecule has 4 heteroatoms. The molecule has 2 aromatic rings. The van der Waals surface area contributed by atoms with E-state index in [2.05, 4.69) is 36.3 Å². The summed E-state index contributed by atoms with van der Waals surface area (Å²) in [6.07, 6.45) is 0. The van der Waals surface area contributed by atoms with Crippen LogP contribution in [0.25, 0.3) is 0 Å². The number of hydrogen-bond donors (Lipinski definition) is 1. The Kier molecular flexibility index (Phi) is 4.50. The summed E-state index contributed by atoms with van der Waals surface area (Å²) in [6, 6.07) is 9.67. The van der Waals surface area contributed by atoms with Gasteiger partial charge in [0.05, 0.1) is 16.6 Å². The number of rotatable bonds is 3. The van der Waals surface area contributed by atoms with Gasteiger partial charge >= 0.3 is 0 Å². The van der Waals surface area contributed by atoms with Crippen LogP contribution in [-0.2, 0) is 0 Å². The van der Waals surface area contributed by atoms with Crippen molar-refractivity contribution in [2.75, 3.05) is 5.32 Å². The van der Waals surface area contributed by atoms with E-state index in [0.717, 1.165) is 17.1 Å². The summed E-state index contributed by atoms with van der Waals surface area (Å²) in [5.41, 5.74) is 5.82. The Bertz CT molecular complexity index is 693. The molecule has 0 spiro atoms. The minimum Gasteiger partial charge on any atom is -0.378 e. The molecule has 0 aliphatic rings. The molecule has 2 rings (SSSR count). The largest absolute Gasteiger partial charge is 0.378 e. The lowest BCUT2D eigenvalue weighted by atomic mass is 10.00. The zero-order chi connectivity index (χ0) is 15.6. The fourth-order valence-corrected chi connectivity index (χ4v) is 2.87. The van der Waals surface area contributed by atoms with Crippen LogP contribution in [0.4, 0.5) is 5.69 Å². The van der Waals surface area contributed by atoms with E-state index >= 15 is 0 Å². The second-order valence-electron chi connectivity index (χ2n) is 5.25. The highest BCUT2D eigenvalue weighted by Crippen LogP contribution is 2.27. The molecule has 108 valence electrons. The molecule has 0 bridgehead atoms. The quantitative estimate of drug-likeness (QED) is 0.893. The van der Waals surface area contributed by atoms with Crippen LogP contribution < -0.4 is 5.32 Å². The molecule has 0 radical (unpaired) electrons. The van der Waals surface area contributed by atoms with Gasteiger partial charge in [0, 0.05) is 17.1 Å². The number of benzene rings is 1. The van der Waals surface area contributed by atoms with Gasteiger partial charge in [0.2, 0.25) is 0 Å². The third-order valence-corrected chi connectivity index (χ3v) is 3.82. The first kappa shape index (κ1) is 15.3. The second kappa shape index (κ2) is 6.15. The fourth-order valence-electron chi connectivity index (χ4n) is 2.71. The van der Waals surface area contributed by atoms with Crippen molar-refractivity contribution in [3.8, 4) is 6.07 Å². The Balaban J connectivity index is 2.31. The molecule has 1 atom stereocenters. The maximum atomic E-state index is 9.04. The number of nitriles is 1. The van der Waals surface area contributed by atoms with Crippen LogP contribution in [0.15, 0.2) is 24.3 Å². The average Bonchev–Trinajstić information content (AvgIpc) is 2.39. The van der Waals surface area contributed by atoms with Gasteiger partial charge < -0.3 is 5.32 Å². The molecule has 0 fully saturated rings. The third kappa shape index (κ3) is 3.34. The summed E-state index contributed by atoms with van der Waals surface area (Å²) < 4.78 is 0. The molecular weight excluding hydrogens is 282 g/mol. The number of pyridine rings is 1. The van der Waals surface area contributed by atoms with Crippen molar-refractivity contribution in [1.82, 2.24) is 4.98 Å². The SMILES string of the molecule is Cc1cc(C)c(C(C)Nc2ccc(Cl)c(C#N)c2)c(C)n1. The molecule has 21 heavy (non-hydrogen) atoms. The van der Waals surface area contributed by atoms with E-state index < -0.39 is 0 Å². The Morgan fingerprint density at radius 3 is 2.57 bits per heavy atom. The van der Waals surface area contributed by atoms with E-state index in [4.69, 9.17) is 16.9 Å². The number of hydrogen-bond acceptors (Lipinski definition) is 3. The van der Waals surface area contributed by atoms with Gasteiger partial charge in [-0.2, -0.15) is 5.26 Å². The lowest BCUT2D eigenvalue weighted by molar-refractivity contribution is 0.843. The molecule has 1 unspecified atom stereocenters. The minimum absolute atomic E-state index is 0.103. The number of anilines is 1. The first-order valence-corrected chi connectivity index (χ1v) is 7.21. The van der Waals surface area contributed by atoms with Crippen molar-refractivity contribution in [2.24, 2.45) is 0 Å². The lowest BCUT2D eigenvalue weighted by Gasteiger charge is -2.20. The molecule has 1 aromatic heterocycles. The highest BCUT2D eigenvalue weighted by Gasteiger charge is 2.13. The van der Waals surface area contributed by atoms with Crippen LogP contribution in [0.2, 0.25) is 5.02 Å². The topological polar surface area (TPSA) is 48.7 Å². The molecule has 0 amide bonds. The smallest absolute Gasteiger partial charge is 0.101 e. The standard InChI is InChI=1S/C17H18ClN3/c1-10-7-11(2)20-12(3)17(10)13(4)21-15-5-6-16(18)14(8-15)9-19/h5-8,13,21H,1-4H3. The third-order valence-electron chi connectivity index (χ3n) is 3.49. The minimum atomic E-state index is 0.103. The van der Waals surface area contributed by atoms with Crippen molar-refractivity contribution in [3.63, 3.8) is 0 Å². The van der Waals surface area contributed by atoms with E-state index in [9.17, 15) is 0 Å². The molecule has 1 aromatic carbocycles. The average molecular weight is 300 g/mol. The first-order valence-electron chi connectivity index (χ1n) is 6.83. The van der Waals surface area contributed by atoms with Crippen LogP contribution in [0.1, 0.15) is 41.0 Å². The summed E-state index contributed by atoms with van der Waals surface area (Å²) in [5, 5.41) is 12.9. The zero-order valence-electron chi connectivity index (χ0n) is 12.7. The van der Waals surface area contributed by atoms with E-state index in [1.54, 1.807) is 12.1 Å². The van der Waals surface area contributed by atoms with Crippen molar-refractivity contribution in [2.45, 2.75) is 33.7 Å². The van der Waals surface area contributed by atoms with Gasteiger partial charge in [0.15, 0.2) is 0 Å². The Hall–Kier alpha value is -2.05. The van der Waals surface area contributed by atoms with Crippen LogP contribution in [0.5, 0.6) is 0 Å². The van der Waals surface area contributed by atoms with E-state index in [1.165, 1.54) is 11.1 Å². The van der Waals surface area contributed by atoms with Gasteiger partial charge in [-0.25, -0.2) is 0 Å². The number of nitrogens with zero attached hydrogens (tertiary/aromatic N) is 2. The Morgan fingerprint density at radius 1 is 1.24 bits per heavy atom. The molecule has 1 heterocycles. The Labute approximate surface area is 130 Å². The molecule has 0 saturated carbocycles. The maximum absolute atomic E-state index is 9.04. The number of aromatic nitrogens is 1. The predicted molar refractivity (Wildman–Crippen MR) is 86.7 cm³/mol. The van der Waals surface area contributed by atoms with Gasteiger partial charge in [-0.15, -0.1) is 0 Å². The summed E-state index contributed by atoms with van der Waals surface area (Å²) in [4.78, 5) is 4.53. The highest BCUT2D eigenvalue weighted by molar-refractivity contribution is 6.31. The van der Waals surface area contributed by atoms with Crippen LogP contribution in [-0.4, -0.2) is 4.98 Å². The lowest BCUT2D eigenvalue weighted by Crippen LogP contribution is -2.11. The monoisotopic (exact) mass is 299 g/mol. The van der Waals surface area contributed by atoms with Gasteiger partial charge in [0.1, 0.15) is 6.07 Å². The summed E-state index contributed by atoms with van der Waals surface area (Å²) >= 11 is 5.96.